The molecule has 3 N–H and O–H groups in total. The van der Waals surface area contributed by atoms with E-state index in [9.17, 15) is 28.3 Å². The van der Waals surface area contributed by atoms with Gasteiger partial charge < -0.3 is 29.8 Å². The number of carbonyl (C=O) groups is 3. The van der Waals surface area contributed by atoms with E-state index in [0.29, 0.717) is 29.7 Å². The number of aromatic amines is 1. The van der Waals surface area contributed by atoms with Crippen molar-refractivity contribution in [1.29, 1.82) is 0 Å². The van der Waals surface area contributed by atoms with E-state index >= 15 is 0 Å². The van der Waals surface area contributed by atoms with Gasteiger partial charge in [0.05, 0.1) is 6.54 Å². The number of H-pyrrole nitrogens is 1. The molecule has 0 radical (unpaired) electrons. The summed E-state index contributed by atoms with van der Waals surface area (Å²) in [4.78, 5) is 44.8. The molecule has 45 heavy (non-hydrogen) atoms. The zero-order chi connectivity index (χ0) is 31.5. The largest absolute Gasteiger partial charge is 0.485 e. The Hall–Kier alpha value is -4.15. The number of likely N-dealkylation sites (tertiary alicyclic amines) is 1. The first kappa shape index (κ1) is 29.6. The van der Waals surface area contributed by atoms with E-state index in [1.807, 2.05) is 24.3 Å². The monoisotopic (exact) mass is 621 g/mol. The SMILES string of the molecule is CC(Cc1c[nH]c2ccccc12)(NC(=O)OC1C2CC3CC(C2)CC1C3)C(=O)N1CC(Oc2ccc(F)cc2F)CC1C(=O)O. The number of nitrogens with one attached hydrogen (secondary N) is 2. The summed E-state index contributed by atoms with van der Waals surface area (Å²) >= 11 is 0. The van der Waals surface area contributed by atoms with Crippen molar-refractivity contribution in [2.24, 2.45) is 23.7 Å². The number of hydrogen-bond donors (Lipinski definition) is 3. The first-order valence-corrected chi connectivity index (χ1v) is 15.8. The van der Waals surface area contributed by atoms with Gasteiger partial charge in [0.1, 0.15) is 29.6 Å². The number of halogens is 2. The number of aliphatic carboxylic acids is 1. The maximum absolute atomic E-state index is 14.4. The van der Waals surface area contributed by atoms with Crippen LogP contribution in [-0.4, -0.2) is 63.3 Å². The number of carbonyl (C=O) groups excluding carboxylic acids is 2. The van der Waals surface area contributed by atoms with Gasteiger partial charge in [0.25, 0.3) is 0 Å². The molecule has 4 bridgehead atoms. The number of rotatable bonds is 8. The normalized spacial score (nSPS) is 29.8. The highest BCUT2D eigenvalue weighted by molar-refractivity contribution is 5.94. The molecule has 5 fully saturated rings. The van der Waals surface area contributed by atoms with Crippen molar-refractivity contribution < 1.29 is 37.7 Å². The Morgan fingerprint density at radius 1 is 1.02 bits per heavy atom. The molecule has 8 rings (SSSR count). The second-order valence-electron chi connectivity index (χ2n) is 13.7. The molecule has 3 unspecified atom stereocenters. The highest BCUT2D eigenvalue weighted by Gasteiger charge is 2.52. The highest BCUT2D eigenvalue weighted by atomic mass is 19.1. The van der Waals surface area contributed by atoms with Gasteiger partial charge in [0, 0.05) is 36.0 Å². The van der Waals surface area contributed by atoms with Crippen LogP contribution in [0.3, 0.4) is 0 Å². The number of carboxylic acids is 1. The summed E-state index contributed by atoms with van der Waals surface area (Å²) in [5.74, 6) is -1.76. The van der Waals surface area contributed by atoms with Gasteiger partial charge in [-0.05, 0) is 86.5 Å². The Morgan fingerprint density at radius 2 is 1.73 bits per heavy atom. The summed E-state index contributed by atoms with van der Waals surface area (Å²) in [5, 5.41) is 13.8. The molecule has 2 aromatic carbocycles. The zero-order valence-electron chi connectivity index (χ0n) is 25.0. The van der Waals surface area contributed by atoms with E-state index in [2.05, 4.69) is 10.3 Å². The molecule has 0 spiro atoms. The molecule has 2 heterocycles. The number of fused-ring (bicyclic) bond motifs is 1. The summed E-state index contributed by atoms with van der Waals surface area (Å²) in [7, 11) is 0. The van der Waals surface area contributed by atoms with Crippen molar-refractivity contribution in [1.82, 2.24) is 15.2 Å². The molecule has 1 aliphatic heterocycles. The number of benzene rings is 2. The Labute approximate surface area is 259 Å². The molecule has 3 atom stereocenters. The fourth-order valence-electron chi connectivity index (χ4n) is 8.69. The van der Waals surface area contributed by atoms with E-state index < -0.39 is 47.3 Å². The number of amides is 2. The van der Waals surface area contributed by atoms with Crippen molar-refractivity contribution in [2.45, 2.75) is 75.7 Å². The molecule has 3 aromatic rings. The molecule has 4 aliphatic carbocycles. The van der Waals surface area contributed by atoms with Crippen LogP contribution in [0.5, 0.6) is 5.75 Å². The first-order valence-electron chi connectivity index (χ1n) is 15.8. The lowest BCUT2D eigenvalue weighted by Crippen LogP contribution is -2.61. The minimum atomic E-state index is -1.59. The van der Waals surface area contributed by atoms with Gasteiger partial charge in [-0.25, -0.2) is 18.4 Å². The number of ether oxygens (including phenoxy) is 2. The highest BCUT2D eigenvalue weighted by Crippen LogP contribution is 2.54. The summed E-state index contributed by atoms with van der Waals surface area (Å²) in [5.41, 5.74) is 0.0407. The van der Waals surface area contributed by atoms with E-state index in [0.717, 1.165) is 54.3 Å². The number of nitrogens with zero attached hydrogens (tertiary/aromatic N) is 1. The third-order valence-electron chi connectivity index (χ3n) is 10.4. The van der Waals surface area contributed by atoms with Gasteiger partial charge in [-0.15, -0.1) is 0 Å². The van der Waals surface area contributed by atoms with Crippen LogP contribution in [0.25, 0.3) is 10.9 Å². The molecular formula is C34H37F2N3O6. The van der Waals surface area contributed by atoms with E-state index in [4.69, 9.17) is 9.47 Å². The van der Waals surface area contributed by atoms with Crippen LogP contribution >= 0.6 is 0 Å². The Kier molecular flexibility index (Phi) is 7.44. The standard InChI is InChI=1S/C34H37F2N3O6/c1-34(15-22-16-37-27-5-3-2-4-25(22)27,38-33(43)45-30-20-9-18-8-19(11-20)12-21(30)10-18)32(42)39-17-24(14-28(39)31(40)41)44-29-7-6-23(35)13-26(29)36/h2-7,13,16,18-21,24,28,30,37H,8-12,14-15,17H2,1H3,(H,38,43)(H,40,41). The fraction of sp³-hybridized carbons (Fsp3) is 0.500. The molecule has 2 amide bonds. The van der Waals surface area contributed by atoms with Crippen LogP contribution < -0.4 is 10.1 Å². The lowest BCUT2D eigenvalue weighted by Gasteiger charge is -2.53. The molecule has 11 heteroatoms. The van der Waals surface area contributed by atoms with Crippen LogP contribution in [0.4, 0.5) is 13.6 Å². The Balaban J connectivity index is 1.15. The number of carboxylic acid groups (broad SMARTS) is 1. The summed E-state index contributed by atoms with van der Waals surface area (Å²) in [6.45, 7) is 1.42. The van der Waals surface area contributed by atoms with Gasteiger partial charge >= 0.3 is 12.1 Å². The number of hydrogen-bond acceptors (Lipinski definition) is 5. The maximum atomic E-state index is 14.4. The summed E-state index contributed by atoms with van der Waals surface area (Å²) in [6, 6.07) is 9.16. The summed E-state index contributed by atoms with van der Waals surface area (Å²) < 4.78 is 39.6. The molecule has 1 saturated heterocycles. The van der Waals surface area contributed by atoms with Crippen LogP contribution in [0, 0.1) is 35.3 Å². The number of aromatic nitrogens is 1. The van der Waals surface area contributed by atoms with Crippen molar-refractivity contribution in [2.75, 3.05) is 6.54 Å². The quantitative estimate of drug-likeness (QED) is 0.309. The molecule has 1 aromatic heterocycles. The molecule has 4 saturated carbocycles. The van der Waals surface area contributed by atoms with E-state index in [1.165, 1.54) is 11.3 Å². The maximum Gasteiger partial charge on any atom is 0.408 e. The number of alkyl carbamates (subject to hydrolysis) is 1. The van der Waals surface area contributed by atoms with Crippen molar-refractivity contribution in [3.8, 4) is 5.75 Å². The lowest BCUT2D eigenvalue weighted by molar-refractivity contribution is -0.151. The fourth-order valence-corrected chi connectivity index (χ4v) is 8.69. The smallest absolute Gasteiger partial charge is 0.408 e. The van der Waals surface area contributed by atoms with Crippen molar-refractivity contribution >= 4 is 28.9 Å². The topological polar surface area (TPSA) is 121 Å². The second kappa shape index (κ2) is 11.3. The minimum Gasteiger partial charge on any atom is -0.485 e. The van der Waals surface area contributed by atoms with Gasteiger partial charge in [-0.1, -0.05) is 18.2 Å². The third-order valence-corrected chi connectivity index (χ3v) is 10.4. The molecule has 9 nitrogen and oxygen atoms in total. The number of para-hydroxylation sites is 1. The van der Waals surface area contributed by atoms with Crippen LogP contribution in [0.15, 0.2) is 48.7 Å². The lowest BCUT2D eigenvalue weighted by atomic mass is 9.55. The van der Waals surface area contributed by atoms with Crippen LogP contribution in [0.1, 0.15) is 51.0 Å². The van der Waals surface area contributed by atoms with Crippen molar-refractivity contribution in [3.05, 3.63) is 65.9 Å². The van der Waals surface area contributed by atoms with Crippen molar-refractivity contribution in [3.63, 3.8) is 0 Å². The van der Waals surface area contributed by atoms with Gasteiger partial charge in [-0.3, -0.25) is 4.79 Å². The molecular weight excluding hydrogens is 584 g/mol. The average Bonchev–Trinajstić information content (AvgIpc) is 3.60. The predicted molar refractivity (Wildman–Crippen MR) is 159 cm³/mol. The van der Waals surface area contributed by atoms with Crippen LogP contribution in [0.2, 0.25) is 0 Å². The minimum absolute atomic E-state index is 0.0631. The van der Waals surface area contributed by atoms with Crippen LogP contribution in [-0.2, 0) is 20.7 Å². The zero-order valence-corrected chi connectivity index (χ0v) is 25.0. The Bertz CT molecular complexity index is 1610. The van der Waals surface area contributed by atoms with E-state index in [-0.39, 0.29) is 31.2 Å². The van der Waals surface area contributed by atoms with Gasteiger partial charge in [-0.2, -0.15) is 0 Å². The second-order valence-corrected chi connectivity index (χ2v) is 13.7. The summed E-state index contributed by atoms with van der Waals surface area (Å²) in [6.07, 6.45) is 5.45. The van der Waals surface area contributed by atoms with Gasteiger partial charge in [0.15, 0.2) is 11.6 Å². The third kappa shape index (κ3) is 5.61. The Morgan fingerprint density at radius 3 is 2.42 bits per heavy atom. The molecule has 5 aliphatic rings. The molecule has 238 valence electrons. The van der Waals surface area contributed by atoms with Gasteiger partial charge in [0.2, 0.25) is 5.91 Å². The predicted octanol–water partition coefficient (Wildman–Crippen LogP) is 5.43. The van der Waals surface area contributed by atoms with E-state index in [1.54, 1.807) is 13.1 Å². The first-order chi connectivity index (χ1) is 21.6. The average molecular weight is 622 g/mol.